The predicted molar refractivity (Wildman–Crippen MR) is 136 cm³/mol. The molecule has 39 heavy (non-hydrogen) atoms. The SMILES string of the molecule is NC(=O)C1(C(=O)N(c2ccc(F)cc2)c2ccc(Oc3ccnc4cc(-c5cnoc5)ncc34)c(F)c2)CC1. The van der Waals surface area contributed by atoms with Crippen LogP contribution in [0.5, 0.6) is 11.5 Å². The number of carbonyl (C=O) groups excluding carboxylic acids is 2. The van der Waals surface area contributed by atoms with E-state index in [1.807, 2.05) is 0 Å². The van der Waals surface area contributed by atoms with E-state index in [1.54, 1.807) is 18.3 Å². The maximum atomic E-state index is 15.4. The smallest absolute Gasteiger partial charge is 0.247 e. The summed E-state index contributed by atoms with van der Waals surface area (Å²) >= 11 is 0. The zero-order valence-corrected chi connectivity index (χ0v) is 20.2. The highest BCUT2D eigenvalue weighted by atomic mass is 19.1. The number of hydrogen-bond acceptors (Lipinski definition) is 7. The second kappa shape index (κ2) is 9.28. The molecule has 0 aliphatic heterocycles. The van der Waals surface area contributed by atoms with Gasteiger partial charge in [0, 0.05) is 24.1 Å². The molecule has 0 atom stereocenters. The van der Waals surface area contributed by atoms with Gasteiger partial charge in [0.05, 0.1) is 34.0 Å². The van der Waals surface area contributed by atoms with E-state index in [2.05, 4.69) is 15.1 Å². The number of aromatic nitrogens is 3. The molecule has 194 valence electrons. The fourth-order valence-corrected chi connectivity index (χ4v) is 4.30. The molecule has 11 heteroatoms. The molecule has 1 aliphatic rings. The number of pyridine rings is 2. The highest BCUT2D eigenvalue weighted by Crippen LogP contribution is 2.49. The van der Waals surface area contributed by atoms with Crippen LogP contribution >= 0.6 is 0 Å². The molecule has 0 unspecified atom stereocenters. The van der Waals surface area contributed by atoms with Crippen LogP contribution in [-0.4, -0.2) is 26.9 Å². The average Bonchev–Trinajstić information content (AvgIpc) is 3.58. The minimum absolute atomic E-state index is 0.114. The number of halogens is 2. The van der Waals surface area contributed by atoms with Crippen LogP contribution in [0.1, 0.15) is 12.8 Å². The molecule has 2 aromatic carbocycles. The van der Waals surface area contributed by atoms with Gasteiger partial charge in [-0.3, -0.25) is 24.5 Å². The first-order valence-corrected chi connectivity index (χ1v) is 11.9. The van der Waals surface area contributed by atoms with Gasteiger partial charge in [0.15, 0.2) is 11.6 Å². The number of benzene rings is 2. The Morgan fingerprint density at radius 3 is 2.38 bits per heavy atom. The quantitative estimate of drug-likeness (QED) is 0.285. The predicted octanol–water partition coefficient (Wildman–Crippen LogP) is 5.29. The Labute approximate surface area is 219 Å². The Morgan fingerprint density at radius 2 is 1.72 bits per heavy atom. The van der Waals surface area contributed by atoms with Gasteiger partial charge in [-0.2, -0.15) is 0 Å². The average molecular weight is 527 g/mol. The second-order valence-corrected chi connectivity index (χ2v) is 9.09. The maximum absolute atomic E-state index is 15.4. The van der Waals surface area contributed by atoms with Gasteiger partial charge in [0.2, 0.25) is 11.8 Å². The van der Waals surface area contributed by atoms with Gasteiger partial charge >= 0.3 is 0 Å². The van der Waals surface area contributed by atoms with Gasteiger partial charge in [0.25, 0.3) is 0 Å². The molecule has 6 rings (SSSR count). The fourth-order valence-electron chi connectivity index (χ4n) is 4.30. The third kappa shape index (κ3) is 4.33. The molecule has 1 fully saturated rings. The summed E-state index contributed by atoms with van der Waals surface area (Å²) in [5.41, 5.74) is 6.36. The molecule has 3 heterocycles. The van der Waals surface area contributed by atoms with E-state index >= 15 is 4.39 Å². The molecule has 2 amide bonds. The first-order chi connectivity index (χ1) is 18.9. The van der Waals surface area contributed by atoms with Crippen molar-refractivity contribution in [1.29, 1.82) is 0 Å². The van der Waals surface area contributed by atoms with E-state index < -0.39 is 28.9 Å². The summed E-state index contributed by atoms with van der Waals surface area (Å²) in [5.74, 6) is -2.44. The third-order valence-corrected chi connectivity index (χ3v) is 6.63. The van der Waals surface area contributed by atoms with Crippen LogP contribution in [0.4, 0.5) is 20.2 Å². The molecule has 2 N–H and O–H groups in total. The number of nitrogens with zero attached hydrogens (tertiary/aromatic N) is 4. The minimum atomic E-state index is -1.38. The van der Waals surface area contributed by atoms with Crippen LogP contribution in [-0.2, 0) is 9.59 Å². The molecule has 0 saturated heterocycles. The molecule has 9 nitrogen and oxygen atoms in total. The number of hydrogen-bond donors (Lipinski definition) is 1. The number of rotatable bonds is 7. The van der Waals surface area contributed by atoms with Gasteiger partial charge in [-0.05, 0) is 61.4 Å². The monoisotopic (exact) mass is 527 g/mol. The van der Waals surface area contributed by atoms with E-state index in [1.165, 1.54) is 60.0 Å². The maximum Gasteiger partial charge on any atom is 0.247 e. The Hall–Kier alpha value is -5.19. The summed E-state index contributed by atoms with van der Waals surface area (Å²) in [6.45, 7) is 0. The van der Waals surface area contributed by atoms with Gasteiger partial charge in [-0.1, -0.05) is 5.16 Å². The third-order valence-electron chi connectivity index (χ3n) is 6.63. The summed E-state index contributed by atoms with van der Waals surface area (Å²) < 4.78 is 39.7. The number of ether oxygens (including phenoxy) is 1. The zero-order valence-electron chi connectivity index (χ0n) is 20.2. The lowest BCUT2D eigenvalue weighted by Crippen LogP contribution is -2.41. The molecule has 1 aliphatic carbocycles. The number of anilines is 2. The van der Waals surface area contributed by atoms with Crippen molar-refractivity contribution >= 4 is 34.1 Å². The van der Waals surface area contributed by atoms with E-state index in [9.17, 15) is 14.0 Å². The van der Waals surface area contributed by atoms with Crippen molar-refractivity contribution < 1.29 is 27.6 Å². The Morgan fingerprint density at radius 1 is 0.949 bits per heavy atom. The van der Waals surface area contributed by atoms with Crippen molar-refractivity contribution in [3.8, 4) is 22.8 Å². The summed E-state index contributed by atoms with van der Waals surface area (Å²) in [5, 5.41) is 4.22. The zero-order chi connectivity index (χ0) is 27.1. The first kappa shape index (κ1) is 24.2. The minimum Gasteiger partial charge on any atom is -0.453 e. The van der Waals surface area contributed by atoms with E-state index in [4.69, 9.17) is 15.0 Å². The van der Waals surface area contributed by atoms with E-state index in [0.717, 1.165) is 6.07 Å². The molecular formula is C28H19F2N5O4. The van der Waals surface area contributed by atoms with Crippen LogP contribution in [0.15, 0.2) is 84.0 Å². The fraction of sp³-hybridized carbons (Fsp3) is 0.107. The van der Waals surface area contributed by atoms with Gasteiger partial charge in [-0.25, -0.2) is 8.78 Å². The summed E-state index contributed by atoms with van der Waals surface area (Å²) in [6, 6.07) is 12.3. The van der Waals surface area contributed by atoms with Crippen molar-refractivity contribution in [3.05, 3.63) is 91.1 Å². The lowest BCUT2D eigenvalue weighted by molar-refractivity contribution is -0.133. The second-order valence-electron chi connectivity index (χ2n) is 9.09. The number of fused-ring (bicyclic) bond motifs is 1. The van der Waals surface area contributed by atoms with Crippen molar-refractivity contribution in [2.24, 2.45) is 11.1 Å². The van der Waals surface area contributed by atoms with Crippen LogP contribution in [0.3, 0.4) is 0 Å². The van der Waals surface area contributed by atoms with Crippen molar-refractivity contribution in [1.82, 2.24) is 15.1 Å². The van der Waals surface area contributed by atoms with E-state index in [-0.39, 0.29) is 30.0 Å². The normalized spacial score (nSPS) is 13.7. The Balaban J connectivity index is 1.34. The molecular weight excluding hydrogens is 508 g/mol. The topological polar surface area (TPSA) is 124 Å². The number of primary amides is 1. The number of amides is 2. The first-order valence-electron chi connectivity index (χ1n) is 11.9. The Kier molecular flexibility index (Phi) is 5.75. The van der Waals surface area contributed by atoms with Crippen LogP contribution in [0, 0.1) is 17.0 Å². The van der Waals surface area contributed by atoms with Gasteiger partial charge < -0.3 is 15.0 Å². The molecule has 1 saturated carbocycles. The summed E-state index contributed by atoms with van der Waals surface area (Å²) in [7, 11) is 0. The summed E-state index contributed by atoms with van der Waals surface area (Å²) in [4.78, 5) is 35.4. The van der Waals surface area contributed by atoms with E-state index in [0.29, 0.717) is 27.9 Å². The highest BCUT2D eigenvalue weighted by molar-refractivity contribution is 6.16. The molecule has 0 radical (unpaired) electrons. The largest absolute Gasteiger partial charge is 0.453 e. The Bertz CT molecular complexity index is 1720. The van der Waals surface area contributed by atoms with Gasteiger partial charge in [-0.15, -0.1) is 0 Å². The lowest BCUT2D eigenvalue weighted by Gasteiger charge is -2.26. The van der Waals surface area contributed by atoms with Crippen molar-refractivity contribution in [2.45, 2.75) is 12.8 Å². The van der Waals surface area contributed by atoms with Crippen molar-refractivity contribution in [2.75, 3.05) is 4.90 Å². The highest BCUT2D eigenvalue weighted by Gasteiger charge is 2.57. The number of carbonyl (C=O) groups is 2. The summed E-state index contributed by atoms with van der Waals surface area (Å²) in [6.07, 6.45) is 6.63. The van der Waals surface area contributed by atoms with Gasteiger partial charge in [0.1, 0.15) is 23.2 Å². The van der Waals surface area contributed by atoms with Crippen LogP contribution in [0.25, 0.3) is 22.2 Å². The molecule has 0 spiro atoms. The van der Waals surface area contributed by atoms with Crippen molar-refractivity contribution in [3.63, 3.8) is 0 Å². The van der Waals surface area contributed by atoms with Crippen LogP contribution in [0.2, 0.25) is 0 Å². The molecule has 0 bridgehead atoms. The lowest BCUT2D eigenvalue weighted by atomic mass is 10.0. The number of nitrogens with two attached hydrogens (primary N) is 1. The molecule has 5 aromatic rings. The standard InChI is InChI=1S/C28H19F2N5O4/c29-17-1-3-18(4-2-17)35(27(37)28(8-9-28)26(31)36)19-5-6-25(21(30)11-19)39-24-7-10-32-23-12-22(33-14-20(23)24)16-13-34-38-15-16/h1-7,10-15H,8-9H2,(H2,31,36). The van der Waals surface area contributed by atoms with Crippen LogP contribution < -0.4 is 15.4 Å². The molecule has 3 aromatic heterocycles.